The largest absolute Gasteiger partial charge is 0.496 e. The van der Waals surface area contributed by atoms with Crippen molar-refractivity contribution >= 4 is 0 Å². The van der Waals surface area contributed by atoms with Crippen LogP contribution in [0.2, 0.25) is 0 Å². The fourth-order valence-corrected chi connectivity index (χ4v) is 1.51. The average molecular weight is 237 g/mol. The molecule has 2 unspecified atom stereocenters. The Bertz CT molecular complexity index is 405. The van der Waals surface area contributed by atoms with E-state index in [2.05, 4.69) is 10.0 Å². The average Bonchev–Trinajstić information content (AvgIpc) is 2.38. The van der Waals surface area contributed by atoms with E-state index in [4.69, 9.17) is 10.3 Å². The van der Waals surface area contributed by atoms with Gasteiger partial charge in [-0.05, 0) is 18.0 Å². The van der Waals surface area contributed by atoms with Crippen LogP contribution in [0.5, 0.6) is 5.75 Å². The number of azide groups is 1. The first-order valence-corrected chi connectivity index (χ1v) is 5.20. The third-order valence-corrected chi connectivity index (χ3v) is 2.41. The van der Waals surface area contributed by atoms with Crippen LogP contribution in [0.3, 0.4) is 0 Å². The summed E-state index contributed by atoms with van der Waals surface area (Å²) in [5, 5.41) is 23.0. The molecular formula is C11H15N3O3. The first-order valence-electron chi connectivity index (χ1n) is 5.20. The molecule has 1 rings (SSSR count). The van der Waals surface area contributed by atoms with Crippen molar-refractivity contribution in [3.05, 3.63) is 40.3 Å². The van der Waals surface area contributed by atoms with Crippen molar-refractivity contribution in [2.45, 2.75) is 18.6 Å². The minimum Gasteiger partial charge on any atom is -0.496 e. The number of para-hydroxylation sites is 1. The standard InChI is InChI=1S/C11H15N3O3/c1-17-10-5-3-2-4-8(10)11(16)9(15)6-7-13-14-12/h2-5,9,11,15-16H,6-7H2,1H3. The van der Waals surface area contributed by atoms with Crippen molar-refractivity contribution in [3.8, 4) is 5.75 Å². The molecule has 0 saturated carbocycles. The van der Waals surface area contributed by atoms with Crippen LogP contribution in [0, 0.1) is 0 Å². The van der Waals surface area contributed by atoms with Crippen molar-refractivity contribution in [3.63, 3.8) is 0 Å². The lowest BCUT2D eigenvalue weighted by Crippen LogP contribution is -2.19. The summed E-state index contributed by atoms with van der Waals surface area (Å²) in [5.74, 6) is 0.517. The van der Waals surface area contributed by atoms with Crippen molar-refractivity contribution in [1.29, 1.82) is 0 Å². The lowest BCUT2D eigenvalue weighted by atomic mass is 10.0. The molecule has 0 aliphatic rings. The second-order valence-corrected chi connectivity index (χ2v) is 3.50. The number of rotatable bonds is 6. The van der Waals surface area contributed by atoms with Gasteiger partial charge in [0.1, 0.15) is 11.9 Å². The van der Waals surface area contributed by atoms with Gasteiger partial charge in [0, 0.05) is 17.0 Å². The molecule has 0 aromatic heterocycles. The topological polar surface area (TPSA) is 98.5 Å². The van der Waals surface area contributed by atoms with Crippen LogP contribution in [-0.2, 0) is 0 Å². The van der Waals surface area contributed by atoms with Crippen LogP contribution >= 0.6 is 0 Å². The van der Waals surface area contributed by atoms with E-state index >= 15 is 0 Å². The second-order valence-electron chi connectivity index (χ2n) is 3.50. The number of aliphatic hydroxyl groups excluding tert-OH is 2. The monoisotopic (exact) mass is 237 g/mol. The molecule has 2 atom stereocenters. The van der Waals surface area contributed by atoms with E-state index in [-0.39, 0.29) is 13.0 Å². The molecular weight excluding hydrogens is 222 g/mol. The molecule has 6 nitrogen and oxygen atoms in total. The Morgan fingerprint density at radius 3 is 2.76 bits per heavy atom. The van der Waals surface area contributed by atoms with Gasteiger partial charge in [0.25, 0.3) is 0 Å². The van der Waals surface area contributed by atoms with Gasteiger partial charge in [-0.25, -0.2) is 0 Å². The highest BCUT2D eigenvalue weighted by molar-refractivity contribution is 5.35. The summed E-state index contributed by atoms with van der Waals surface area (Å²) in [6, 6.07) is 6.92. The van der Waals surface area contributed by atoms with Gasteiger partial charge in [-0.2, -0.15) is 0 Å². The molecule has 6 heteroatoms. The molecule has 1 aromatic carbocycles. The van der Waals surface area contributed by atoms with Crippen molar-refractivity contribution < 1.29 is 14.9 Å². The van der Waals surface area contributed by atoms with Crippen molar-refractivity contribution in [2.24, 2.45) is 5.11 Å². The molecule has 0 fully saturated rings. The molecule has 0 amide bonds. The summed E-state index contributed by atoms with van der Waals surface area (Å²) in [5.41, 5.74) is 8.63. The highest BCUT2D eigenvalue weighted by Gasteiger charge is 2.20. The van der Waals surface area contributed by atoms with E-state index in [1.807, 2.05) is 0 Å². The van der Waals surface area contributed by atoms with Gasteiger partial charge in [0.2, 0.25) is 0 Å². The Balaban J connectivity index is 2.73. The number of aliphatic hydroxyl groups is 2. The minimum absolute atomic E-state index is 0.143. The quantitative estimate of drug-likeness (QED) is 0.448. The number of nitrogens with zero attached hydrogens (tertiary/aromatic N) is 3. The zero-order valence-corrected chi connectivity index (χ0v) is 9.52. The summed E-state index contributed by atoms with van der Waals surface area (Å²) in [6.07, 6.45) is -1.85. The summed E-state index contributed by atoms with van der Waals surface area (Å²) in [6.45, 7) is 0.143. The molecule has 0 aliphatic carbocycles. The van der Waals surface area contributed by atoms with Gasteiger partial charge in [-0.15, -0.1) is 0 Å². The Morgan fingerprint density at radius 1 is 1.41 bits per heavy atom. The number of methoxy groups -OCH3 is 1. The summed E-state index contributed by atoms with van der Waals surface area (Å²) in [7, 11) is 1.50. The first kappa shape index (κ1) is 13.3. The molecule has 0 spiro atoms. The van der Waals surface area contributed by atoms with Crippen LogP contribution in [0.4, 0.5) is 0 Å². The third-order valence-electron chi connectivity index (χ3n) is 2.41. The van der Waals surface area contributed by atoms with E-state index in [1.54, 1.807) is 24.3 Å². The molecule has 0 saturated heterocycles. The molecule has 0 bridgehead atoms. The Morgan fingerprint density at radius 2 is 2.12 bits per heavy atom. The fourth-order valence-electron chi connectivity index (χ4n) is 1.51. The maximum Gasteiger partial charge on any atom is 0.124 e. The first-order chi connectivity index (χ1) is 8.20. The van der Waals surface area contributed by atoms with E-state index < -0.39 is 12.2 Å². The van der Waals surface area contributed by atoms with Crippen LogP contribution in [0.1, 0.15) is 18.1 Å². The molecule has 1 aromatic rings. The molecule has 17 heavy (non-hydrogen) atoms. The fraction of sp³-hybridized carbons (Fsp3) is 0.455. The van der Waals surface area contributed by atoms with E-state index in [0.29, 0.717) is 11.3 Å². The van der Waals surface area contributed by atoms with Gasteiger partial charge < -0.3 is 14.9 Å². The molecule has 0 radical (unpaired) electrons. The maximum atomic E-state index is 9.94. The second kappa shape index (κ2) is 6.75. The number of benzene rings is 1. The van der Waals surface area contributed by atoms with Crippen LogP contribution < -0.4 is 4.74 Å². The van der Waals surface area contributed by atoms with Gasteiger partial charge in [-0.1, -0.05) is 23.3 Å². The van der Waals surface area contributed by atoms with Gasteiger partial charge in [-0.3, -0.25) is 0 Å². The SMILES string of the molecule is COc1ccccc1C(O)C(O)CCN=[N+]=[N-]. The normalized spacial score (nSPS) is 13.6. The van der Waals surface area contributed by atoms with E-state index in [1.165, 1.54) is 7.11 Å². The van der Waals surface area contributed by atoms with Crippen molar-refractivity contribution in [2.75, 3.05) is 13.7 Å². The molecule has 0 aliphatic heterocycles. The molecule has 2 N–H and O–H groups in total. The molecule has 92 valence electrons. The van der Waals surface area contributed by atoms with Crippen molar-refractivity contribution in [1.82, 2.24) is 0 Å². The van der Waals surface area contributed by atoms with Gasteiger partial charge in [0.05, 0.1) is 13.2 Å². The lowest BCUT2D eigenvalue weighted by Gasteiger charge is -2.19. The number of hydrogen-bond donors (Lipinski definition) is 2. The predicted molar refractivity (Wildman–Crippen MR) is 62.6 cm³/mol. The molecule has 0 heterocycles. The smallest absolute Gasteiger partial charge is 0.124 e. The number of ether oxygens (including phenoxy) is 1. The minimum atomic E-state index is -1.06. The van der Waals surface area contributed by atoms with Gasteiger partial charge in [0.15, 0.2) is 0 Å². The third kappa shape index (κ3) is 3.64. The van der Waals surface area contributed by atoms with E-state index in [9.17, 15) is 10.2 Å². The lowest BCUT2D eigenvalue weighted by molar-refractivity contribution is 0.0137. The Hall–Kier alpha value is -1.75. The summed E-state index contributed by atoms with van der Waals surface area (Å²) >= 11 is 0. The summed E-state index contributed by atoms with van der Waals surface area (Å²) < 4.78 is 5.09. The van der Waals surface area contributed by atoms with Crippen LogP contribution in [0.25, 0.3) is 10.4 Å². The summed E-state index contributed by atoms with van der Waals surface area (Å²) in [4.78, 5) is 2.58. The maximum absolute atomic E-state index is 9.94. The Labute approximate surface area is 99.1 Å². The van der Waals surface area contributed by atoms with Gasteiger partial charge >= 0.3 is 0 Å². The highest BCUT2D eigenvalue weighted by atomic mass is 16.5. The van der Waals surface area contributed by atoms with Crippen LogP contribution in [-0.4, -0.2) is 30.0 Å². The zero-order valence-electron chi connectivity index (χ0n) is 9.52. The zero-order chi connectivity index (χ0) is 12.7. The van der Waals surface area contributed by atoms with E-state index in [0.717, 1.165) is 0 Å². The number of hydrogen-bond acceptors (Lipinski definition) is 4. The predicted octanol–water partition coefficient (Wildman–Crippen LogP) is 1.79. The Kier molecular flexibility index (Phi) is 5.29. The highest BCUT2D eigenvalue weighted by Crippen LogP contribution is 2.27. The van der Waals surface area contributed by atoms with Crippen LogP contribution in [0.15, 0.2) is 29.4 Å².